The molecule has 0 spiro atoms. The number of hydrogen-bond donors (Lipinski definition) is 2. The van der Waals surface area contributed by atoms with Gasteiger partial charge < -0.3 is 15.6 Å². The maximum Gasteiger partial charge on any atom is 0.253 e. The predicted molar refractivity (Wildman–Crippen MR) is 74.7 cm³/mol. The number of amides is 1. The number of anilines is 1. The highest BCUT2D eigenvalue weighted by Crippen LogP contribution is 2.21. The molecule has 1 aromatic heterocycles. The molecule has 2 rings (SSSR count). The second-order valence-corrected chi connectivity index (χ2v) is 5.27. The van der Waals surface area contributed by atoms with Crippen LogP contribution in [0.2, 0.25) is 0 Å². The topological polar surface area (TPSA) is 92.1 Å². The van der Waals surface area contributed by atoms with Crippen molar-refractivity contribution in [3.63, 3.8) is 0 Å². The predicted octanol–water partition coefficient (Wildman–Crippen LogP) is 0.970. The van der Waals surface area contributed by atoms with E-state index < -0.39 is 0 Å². The summed E-state index contributed by atoms with van der Waals surface area (Å²) in [6.07, 6.45) is 5.16. The quantitative estimate of drug-likeness (QED) is 0.633. The van der Waals surface area contributed by atoms with Gasteiger partial charge in [-0.25, -0.2) is 4.98 Å². The smallest absolute Gasteiger partial charge is 0.253 e. The lowest BCUT2D eigenvalue weighted by Gasteiger charge is -2.18. The van der Waals surface area contributed by atoms with Gasteiger partial charge in [-0.2, -0.15) is 0 Å². The van der Waals surface area contributed by atoms with Gasteiger partial charge in [0.05, 0.1) is 5.75 Å². The fourth-order valence-electron chi connectivity index (χ4n) is 1.87. The summed E-state index contributed by atoms with van der Waals surface area (Å²) in [7, 11) is 1.77. The molecule has 0 saturated heterocycles. The summed E-state index contributed by atoms with van der Waals surface area (Å²) in [6, 6.07) is 1.21. The molecule has 0 aromatic carbocycles. The Bertz CT molecular complexity index is 567. The fraction of sp³-hybridized carbons (Fsp3) is 0.417. The third-order valence-corrected chi connectivity index (χ3v) is 3.75. The van der Waals surface area contributed by atoms with Gasteiger partial charge in [-0.15, -0.1) is 0 Å². The van der Waals surface area contributed by atoms with Gasteiger partial charge in [0.1, 0.15) is 5.82 Å². The van der Waals surface area contributed by atoms with Gasteiger partial charge in [0.2, 0.25) is 5.91 Å². The average Bonchev–Trinajstić information content (AvgIpc) is 2.87. The first-order valence-electron chi connectivity index (χ1n) is 6.01. The number of nitrogens with two attached hydrogens (primary N) is 1. The van der Waals surface area contributed by atoms with Crippen LogP contribution in [0.5, 0.6) is 0 Å². The molecule has 1 aliphatic carbocycles. The van der Waals surface area contributed by atoms with E-state index in [2.05, 4.69) is 16.0 Å². The fourth-order valence-corrected chi connectivity index (χ4v) is 2.66. The highest BCUT2D eigenvalue weighted by Gasteiger charge is 2.16. The lowest BCUT2D eigenvalue weighted by atomic mass is 10.3. The van der Waals surface area contributed by atoms with Crippen LogP contribution in [0.15, 0.2) is 27.8 Å². The Hall–Kier alpha value is -1.76. The molecule has 0 atom stereocenters. The van der Waals surface area contributed by atoms with Crippen molar-refractivity contribution in [1.29, 1.82) is 0 Å². The van der Waals surface area contributed by atoms with Crippen LogP contribution in [0.25, 0.3) is 0 Å². The van der Waals surface area contributed by atoms with Gasteiger partial charge in [0.25, 0.3) is 5.56 Å². The minimum Gasteiger partial charge on any atom is -0.383 e. The van der Waals surface area contributed by atoms with E-state index >= 15 is 0 Å². The van der Waals surface area contributed by atoms with Crippen LogP contribution in [-0.4, -0.2) is 33.6 Å². The Morgan fingerprint density at radius 1 is 1.63 bits per heavy atom. The maximum absolute atomic E-state index is 12.0. The Labute approximate surface area is 115 Å². The first-order chi connectivity index (χ1) is 9.06. The lowest BCUT2D eigenvalue weighted by molar-refractivity contribution is -0.125. The van der Waals surface area contributed by atoms with Crippen molar-refractivity contribution in [3.8, 4) is 0 Å². The molecule has 1 aliphatic rings. The van der Waals surface area contributed by atoms with E-state index in [9.17, 15) is 9.59 Å². The van der Waals surface area contributed by atoms with E-state index in [1.807, 2.05) is 0 Å². The van der Waals surface area contributed by atoms with Crippen molar-refractivity contribution in [2.45, 2.75) is 24.4 Å². The summed E-state index contributed by atoms with van der Waals surface area (Å²) in [5.74, 6) is 0.369. The van der Waals surface area contributed by atoms with Gasteiger partial charge in [0.15, 0.2) is 5.16 Å². The number of hydrogen-bond acceptors (Lipinski definition) is 5. The minimum absolute atomic E-state index is 0.0109. The number of thioether (sulfide) groups is 1. The van der Waals surface area contributed by atoms with E-state index in [1.165, 1.54) is 17.8 Å². The van der Waals surface area contributed by atoms with Crippen LogP contribution in [-0.2, 0) is 4.79 Å². The maximum atomic E-state index is 12.0. The molecular weight excluding hydrogens is 264 g/mol. The second kappa shape index (κ2) is 5.92. The number of H-pyrrole nitrogens is 1. The molecule has 1 aromatic rings. The average molecular weight is 280 g/mol. The van der Waals surface area contributed by atoms with Gasteiger partial charge in [-0.1, -0.05) is 17.8 Å². The van der Waals surface area contributed by atoms with Crippen LogP contribution >= 0.6 is 11.8 Å². The van der Waals surface area contributed by atoms with Crippen LogP contribution in [0.3, 0.4) is 0 Å². The SMILES string of the molecule is CN(C(=O)CSc1nc(N)cc(=O)[nH]1)C1=CCCC1. The first-order valence-corrected chi connectivity index (χ1v) is 7.00. The van der Waals surface area contributed by atoms with Crippen LogP contribution < -0.4 is 11.3 Å². The number of rotatable bonds is 4. The molecular formula is C12H16N4O2S. The standard InChI is InChI=1S/C12H16N4O2S/c1-16(8-4-2-3-5-8)11(18)7-19-12-14-9(13)6-10(17)15-12/h4,6H,2-3,5,7H2,1H3,(H3,13,14,15,17). The zero-order chi connectivity index (χ0) is 13.8. The van der Waals surface area contributed by atoms with Gasteiger partial charge >= 0.3 is 0 Å². The molecule has 0 bridgehead atoms. The molecule has 102 valence electrons. The van der Waals surface area contributed by atoms with Crippen molar-refractivity contribution in [2.75, 3.05) is 18.5 Å². The summed E-state index contributed by atoms with van der Waals surface area (Å²) in [4.78, 5) is 31.4. The zero-order valence-corrected chi connectivity index (χ0v) is 11.5. The summed E-state index contributed by atoms with van der Waals surface area (Å²) >= 11 is 1.18. The first kappa shape index (κ1) is 13.7. The summed E-state index contributed by atoms with van der Waals surface area (Å²) < 4.78 is 0. The normalized spacial score (nSPS) is 14.3. The highest BCUT2D eigenvalue weighted by molar-refractivity contribution is 7.99. The molecule has 1 heterocycles. The van der Waals surface area contributed by atoms with Gasteiger partial charge in [0, 0.05) is 18.8 Å². The molecule has 3 N–H and O–H groups in total. The van der Waals surface area contributed by atoms with E-state index in [0.29, 0.717) is 5.16 Å². The third-order valence-electron chi connectivity index (χ3n) is 2.89. The number of aromatic nitrogens is 2. The van der Waals surface area contributed by atoms with Gasteiger partial charge in [-0.3, -0.25) is 9.59 Å². The molecule has 0 aliphatic heterocycles. The number of nitrogens with one attached hydrogen (secondary N) is 1. The zero-order valence-electron chi connectivity index (χ0n) is 10.7. The summed E-state index contributed by atoms with van der Waals surface area (Å²) in [5, 5.41) is 0.368. The highest BCUT2D eigenvalue weighted by atomic mass is 32.2. The monoisotopic (exact) mass is 280 g/mol. The molecule has 0 saturated carbocycles. The molecule has 0 fully saturated rings. The van der Waals surface area contributed by atoms with Crippen LogP contribution in [0, 0.1) is 0 Å². The Morgan fingerprint density at radius 2 is 2.42 bits per heavy atom. The van der Waals surface area contributed by atoms with Crippen LogP contribution in [0.1, 0.15) is 19.3 Å². The van der Waals surface area contributed by atoms with Crippen molar-refractivity contribution in [3.05, 3.63) is 28.2 Å². The molecule has 19 heavy (non-hydrogen) atoms. The Balaban J connectivity index is 1.94. The van der Waals surface area contributed by atoms with Gasteiger partial charge in [-0.05, 0) is 19.3 Å². The molecule has 0 radical (unpaired) electrons. The van der Waals surface area contributed by atoms with E-state index in [-0.39, 0.29) is 23.0 Å². The number of nitrogen functional groups attached to an aromatic ring is 1. The number of allylic oxidation sites excluding steroid dienone is 2. The largest absolute Gasteiger partial charge is 0.383 e. The Morgan fingerprint density at radius 3 is 3.05 bits per heavy atom. The number of carbonyl (C=O) groups is 1. The lowest BCUT2D eigenvalue weighted by Crippen LogP contribution is -2.27. The Kier molecular flexibility index (Phi) is 4.26. The molecule has 7 heteroatoms. The van der Waals surface area contributed by atoms with Crippen molar-refractivity contribution in [2.24, 2.45) is 0 Å². The van der Waals surface area contributed by atoms with Crippen LogP contribution in [0.4, 0.5) is 5.82 Å². The number of carbonyl (C=O) groups excluding carboxylic acids is 1. The molecule has 1 amide bonds. The van der Waals surface area contributed by atoms with E-state index in [4.69, 9.17) is 5.73 Å². The summed E-state index contributed by atoms with van der Waals surface area (Å²) in [5.41, 5.74) is 6.23. The number of nitrogens with zero attached hydrogens (tertiary/aromatic N) is 2. The summed E-state index contributed by atoms with van der Waals surface area (Å²) in [6.45, 7) is 0. The second-order valence-electron chi connectivity index (χ2n) is 4.30. The molecule has 6 nitrogen and oxygen atoms in total. The molecule has 0 unspecified atom stereocenters. The van der Waals surface area contributed by atoms with Crippen molar-refractivity contribution in [1.82, 2.24) is 14.9 Å². The number of aromatic amines is 1. The van der Waals surface area contributed by atoms with Crippen molar-refractivity contribution < 1.29 is 4.79 Å². The third kappa shape index (κ3) is 3.60. The van der Waals surface area contributed by atoms with E-state index in [0.717, 1.165) is 25.0 Å². The van der Waals surface area contributed by atoms with E-state index in [1.54, 1.807) is 11.9 Å². The van der Waals surface area contributed by atoms with Crippen molar-refractivity contribution >= 4 is 23.5 Å². The minimum atomic E-state index is -0.311.